The monoisotopic (exact) mass is 594 g/mol. The van der Waals surface area contributed by atoms with Gasteiger partial charge in [-0.2, -0.15) is 0 Å². The second-order valence-corrected chi connectivity index (χ2v) is 11.8. The normalized spacial score (nSPS) is 12.0. The first kappa shape index (κ1) is 40.1. The highest BCUT2D eigenvalue weighted by molar-refractivity contribution is 5.71. The van der Waals surface area contributed by atoms with Crippen molar-refractivity contribution in [3.05, 3.63) is 12.2 Å². The van der Waals surface area contributed by atoms with Gasteiger partial charge in [0.1, 0.15) is 13.2 Å². The Morgan fingerprint density at radius 1 is 0.452 bits per heavy atom. The lowest BCUT2D eigenvalue weighted by atomic mass is 10.1. The van der Waals surface area contributed by atoms with Crippen LogP contribution in [-0.2, 0) is 28.6 Å². The Hall–Kier alpha value is -1.85. The zero-order valence-electron chi connectivity index (χ0n) is 27.8. The molecule has 0 aromatic rings. The van der Waals surface area contributed by atoms with Crippen LogP contribution in [0.3, 0.4) is 0 Å². The van der Waals surface area contributed by atoms with Gasteiger partial charge in [-0.1, -0.05) is 136 Å². The summed E-state index contributed by atoms with van der Waals surface area (Å²) < 4.78 is 16.4. The van der Waals surface area contributed by atoms with Crippen molar-refractivity contribution >= 4 is 17.9 Å². The maximum Gasteiger partial charge on any atom is 0.306 e. The Morgan fingerprint density at radius 2 is 0.833 bits per heavy atom. The van der Waals surface area contributed by atoms with Crippen LogP contribution < -0.4 is 0 Å². The van der Waals surface area contributed by atoms with E-state index in [0.717, 1.165) is 70.6 Å². The number of hydrogen-bond acceptors (Lipinski definition) is 6. The lowest BCUT2D eigenvalue weighted by Gasteiger charge is -2.18. The van der Waals surface area contributed by atoms with Crippen LogP contribution in [0.15, 0.2) is 12.2 Å². The lowest BCUT2D eigenvalue weighted by molar-refractivity contribution is -0.167. The fourth-order valence-corrected chi connectivity index (χ4v) is 4.79. The molecule has 1 atom stereocenters. The van der Waals surface area contributed by atoms with E-state index in [1.165, 1.54) is 70.6 Å². The predicted octanol–water partition coefficient (Wildman–Crippen LogP) is 10.4. The Kier molecular flexibility index (Phi) is 30.7. The molecule has 0 aromatic carbocycles. The van der Waals surface area contributed by atoms with Crippen molar-refractivity contribution in [3.63, 3.8) is 0 Å². The van der Waals surface area contributed by atoms with Crippen molar-refractivity contribution in [2.24, 2.45) is 0 Å². The van der Waals surface area contributed by atoms with Gasteiger partial charge in [-0.15, -0.1) is 0 Å². The molecule has 0 rings (SSSR count). The van der Waals surface area contributed by atoms with Crippen molar-refractivity contribution in [2.75, 3.05) is 13.2 Å². The molecule has 6 nitrogen and oxygen atoms in total. The predicted molar refractivity (Wildman–Crippen MR) is 173 cm³/mol. The number of esters is 3. The molecular formula is C36H66O6. The molecule has 0 amide bonds. The molecule has 0 N–H and O–H groups in total. The third-order valence-corrected chi connectivity index (χ3v) is 7.50. The van der Waals surface area contributed by atoms with Crippen molar-refractivity contribution < 1.29 is 28.6 Å². The fourth-order valence-electron chi connectivity index (χ4n) is 4.79. The average Bonchev–Trinajstić information content (AvgIpc) is 2.98. The summed E-state index contributed by atoms with van der Waals surface area (Å²) in [7, 11) is 0. The summed E-state index contributed by atoms with van der Waals surface area (Å²) in [5.74, 6) is -0.902. The number of rotatable bonds is 31. The summed E-state index contributed by atoms with van der Waals surface area (Å²) in [5, 5.41) is 0. The molecule has 0 aromatic heterocycles. The molecule has 0 saturated heterocycles. The van der Waals surface area contributed by atoms with Gasteiger partial charge in [0.25, 0.3) is 0 Å². The quantitative estimate of drug-likeness (QED) is 0.0344. The van der Waals surface area contributed by atoms with Crippen LogP contribution in [0.1, 0.15) is 181 Å². The van der Waals surface area contributed by atoms with E-state index in [1.807, 2.05) is 0 Å². The van der Waals surface area contributed by atoms with Crippen LogP contribution in [0, 0.1) is 0 Å². The van der Waals surface area contributed by atoms with Gasteiger partial charge < -0.3 is 14.2 Å². The maximum absolute atomic E-state index is 12.5. The van der Waals surface area contributed by atoms with Crippen LogP contribution in [0.25, 0.3) is 0 Å². The van der Waals surface area contributed by atoms with Gasteiger partial charge in [0.15, 0.2) is 6.10 Å². The molecule has 0 bridgehead atoms. The first-order valence-electron chi connectivity index (χ1n) is 17.7. The summed E-state index contributed by atoms with van der Waals surface area (Å²) in [6, 6.07) is 0. The molecule has 0 heterocycles. The van der Waals surface area contributed by atoms with Gasteiger partial charge in [-0.05, 0) is 38.5 Å². The van der Waals surface area contributed by atoms with Gasteiger partial charge in [0.05, 0.1) is 0 Å². The first-order valence-corrected chi connectivity index (χ1v) is 17.7. The second-order valence-electron chi connectivity index (χ2n) is 11.8. The highest BCUT2D eigenvalue weighted by Gasteiger charge is 2.19. The Bertz CT molecular complexity index is 659. The summed E-state index contributed by atoms with van der Waals surface area (Å²) in [5.41, 5.74) is 0. The third-order valence-electron chi connectivity index (χ3n) is 7.50. The fraction of sp³-hybridized carbons (Fsp3) is 0.861. The minimum Gasteiger partial charge on any atom is -0.462 e. The van der Waals surface area contributed by atoms with Crippen LogP contribution in [0.2, 0.25) is 0 Å². The Labute approximate surface area is 259 Å². The number of allylic oxidation sites excluding steroid dienone is 2. The summed E-state index contributed by atoms with van der Waals surface area (Å²) >= 11 is 0. The SMILES string of the molecule is CCC/C=C\CCCCCCCC(=O)OCC(COC(=O)CCCCCCCCC)OC(=O)CCCCCCCCC. The van der Waals surface area contributed by atoms with E-state index in [0.29, 0.717) is 19.3 Å². The Balaban J connectivity index is 4.35. The van der Waals surface area contributed by atoms with E-state index >= 15 is 0 Å². The molecule has 1 unspecified atom stereocenters. The van der Waals surface area contributed by atoms with E-state index in [9.17, 15) is 14.4 Å². The van der Waals surface area contributed by atoms with E-state index in [-0.39, 0.29) is 31.1 Å². The third kappa shape index (κ3) is 29.6. The summed E-state index contributed by atoms with van der Waals surface area (Å²) in [6.45, 7) is 6.45. The Morgan fingerprint density at radius 3 is 1.29 bits per heavy atom. The molecule has 0 aliphatic carbocycles. The number of ether oxygens (including phenoxy) is 3. The molecular weight excluding hydrogens is 528 g/mol. The number of carbonyl (C=O) groups is 3. The number of carbonyl (C=O) groups excluding carboxylic acids is 3. The van der Waals surface area contributed by atoms with E-state index < -0.39 is 6.10 Å². The average molecular weight is 595 g/mol. The molecule has 42 heavy (non-hydrogen) atoms. The maximum atomic E-state index is 12.5. The van der Waals surface area contributed by atoms with Crippen LogP contribution in [0.5, 0.6) is 0 Å². The van der Waals surface area contributed by atoms with Crippen molar-refractivity contribution in [1.82, 2.24) is 0 Å². The van der Waals surface area contributed by atoms with Crippen molar-refractivity contribution in [3.8, 4) is 0 Å². The van der Waals surface area contributed by atoms with Gasteiger partial charge in [-0.25, -0.2) is 0 Å². The standard InChI is InChI=1S/C36H66O6/c1-4-7-10-13-16-17-18-21-23-26-29-35(38)41-32-33(42-36(39)30-27-24-20-15-12-9-6-3)31-40-34(37)28-25-22-19-14-11-8-5-2/h10,13,33H,4-9,11-12,14-32H2,1-3H3/b13-10-. The van der Waals surface area contributed by atoms with Crippen molar-refractivity contribution in [2.45, 2.75) is 187 Å². The molecule has 246 valence electrons. The molecule has 0 spiro atoms. The summed E-state index contributed by atoms with van der Waals surface area (Å²) in [6.07, 6.45) is 29.3. The highest BCUT2D eigenvalue weighted by atomic mass is 16.6. The van der Waals surface area contributed by atoms with Gasteiger partial charge in [0.2, 0.25) is 0 Å². The van der Waals surface area contributed by atoms with Gasteiger partial charge >= 0.3 is 17.9 Å². The first-order chi connectivity index (χ1) is 20.5. The smallest absolute Gasteiger partial charge is 0.306 e. The zero-order valence-corrected chi connectivity index (χ0v) is 27.8. The zero-order chi connectivity index (χ0) is 30.9. The molecule has 0 aliphatic heterocycles. The number of hydrogen-bond donors (Lipinski definition) is 0. The van der Waals surface area contributed by atoms with E-state index in [1.54, 1.807) is 0 Å². The molecule has 0 radical (unpaired) electrons. The van der Waals surface area contributed by atoms with Gasteiger partial charge in [-0.3, -0.25) is 14.4 Å². The molecule has 0 fully saturated rings. The number of unbranched alkanes of at least 4 members (excludes halogenated alkanes) is 18. The largest absolute Gasteiger partial charge is 0.462 e. The van der Waals surface area contributed by atoms with Gasteiger partial charge in [0, 0.05) is 19.3 Å². The van der Waals surface area contributed by atoms with Crippen LogP contribution >= 0.6 is 0 Å². The lowest BCUT2D eigenvalue weighted by Crippen LogP contribution is -2.30. The van der Waals surface area contributed by atoms with Crippen molar-refractivity contribution in [1.29, 1.82) is 0 Å². The van der Waals surface area contributed by atoms with E-state index in [2.05, 4.69) is 32.9 Å². The summed E-state index contributed by atoms with van der Waals surface area (Å²) in [4.78, 5) is 37.0. The minimum atomic E-state index is -0.759. The highest BCUT2D eigenvalue weighted by Crippen LogP contribution is 2.12. The molecule has 0 saturated carbocycles. The topological polar surface area (TPSA) is 78.9 Å². The minimum absolute atomic E-state index is 0.0714. The molecule has 6 heteroatoms. The van der Waals surface area contributed by atoms with Crippen LogP contribution in [0.4, 0.5) is 0 Å². The van der Waals surface area contributed by atoms with Crippen LogP contribution in [-0.4, -0.2) is 37.2 Å². The van der Waals surface area contributed by atoms with E-state index in [4.69, 9.17) is 14.2 Å². The second kappa shape index (κ2) is 32.1. The molecule has 0 aliphatic rings.